The van der Waals surface area contributed by atoms with Crippen LogP contribution < -0.4 is 9.64 Å². The first kappa shape index (κ1) is 26.2. The molecule has 1 heterocycles. The second-order valence-electron chi connectivity index (χ2n) is 7.95. The van der Waals surface area contributed by atoms with E-state index < -0.39 is 30.3 Å². The van der Waals surface area contributed by atoms with Crippen LogP contribution in [0.3, 0.4) is 0 Å². The van der Waals surface area contributed by atoms with Crippen LogP contribution in [0.5, 0.6) is 5.75 Å². The Morgan fingerprint density at radius 2 is 1.83 bits per heavy atom. The van der Waals surface area contributed by atoms with Crippen LogP contribution in [-0.2, 0) is 30.4 Å². The second-order valence-corrected chi connectivity index (χ2v) is 8.36. The van der Waals surface area contributed by atoms with E-state index in [-0.39, 0.29) is 34.2 Å². The number of ether oxygens (including phenoxy) is 3. The molecule has 0 bridgehead atoms. The van der Waals surface area contributed by atoms with Gasteiger partial charge in [-0.2, -0.15) is 0 Å². The molecule has 0 atom stereocenters. The molecule has 8 nitrogen and oxygen atoms in total. The number of nitrogens with zero attached hydrogens (tertiary/aromatic N) is 2. The lowest BCUT2D eigenvalue weighted by atomic mass is 9.90. The molecule has 0 unspecified atom stereocenters. The molecular weight excluding hydrogens is 479 g/mol. The van der Waals surface area contributed by atoms with Crippen molar-refractivity contribution in [3.05, 3.63) is 63.7 Å². The molecule has 3 rings (SSSR count). The predicted octanol–water partition coefficient (Wildman–Crippen LogP) is 4.31. The van der Waals surface area contributed by atoms with Gasteiger partial charge in [-0.1, -0.05) is 11.6 Å². The molecule has 0 spiro atoms. The van der Waals surface area contributed by atoms with E-state index in [0.717, 1.165) is 18.1 Å². The Morgan fingerprint density at radius 3 is 2.49 bits per heavy atom. The van der Waals surface area contributed by atoms with Gasteiger partial charge in [0, 0.05) is 29.6 Å². The largest absolute Gasteiger partial charge is 0.480 e. The third kappa shape index (κ3) is 6.16. The topological polar surface area (TPSA) is 95.0 Å². The molecule has 0 fully saturated rings. The maximum Gasteiger partial charge on any atom is 0.343 e. The molecule has 0 radical (unpaired) electrons. The van der Waals surface area contributed by atoms with Crippen molar-refractivity contribution in [2.75, 3.05) is 25.7 Å². The minimum Gasteiger partial charge on any atom is -0.480 e. The van der Waals surface area contributed by atoms with Gasteiger partial charge in [0.05, 0.1) is 31.5 Å². The van der Waals surface area contributed by atoms with Crippen molar-refractivity contribution in [3.8, 4) is 5.75 Å². The second kappa shape index (κ2) is 11.8. The Morgan fingerprint density at radius 1 is 1.11 bits per heavy atom. The molecule has 1 aliphatic carbocycles. The van der Waals surface area contributed by atoms with Crippen molar-refractivity contribution in [2.45, 2.75) is 39.2 Å². The van der Waals surface area contributed by atoms with Gasteiger partial charge in [0.1, 0.15) is 11.6 Å². The van der Waals surface area contributed by atoms with Crippen molar-refractivity contribution in [1.82, 2.24) is 4.98 Å². The maximum absolute atomic E-state index is 15.2. The molecule has 0 saturated heterocycles. The lowest BCUT2D eigenvalue weighted by molar-refractivity contribution is -0.143. The smallest absolute Gasteiger partial charge is 0.343 e. The van der Waals surface area contributed by atoms with Crippen molar-refractivity contribution < 1.29 is 33.0 Å². The summed E-state index contributed by atoms with van der Waals surface area (Å²) in [7, 11) is 2.46. The highest BCUT2D eigenvalue weighted by molar-refractivity contribution is 6.32. The number of rotatable bonds is 8. The number of esters is 2. The Balaban J connectivity index is 2.11. The predicted molar refractivity (Wildman–Crippen MR) is 127 cm³/mol. The number of anilines is 1. The molecule has 1 amide bonds. The lowest BCUT2D eigenvalue weighted by Gasteiger charge is -2.28. The van der Waals surface area contributed by atoms with Crippen LogP contribution >= 0.6 is 11.6 Å². The molecule has 0 aliphatic heterocycles. The molecule has 0 N–H and O–H groups in total. The highest BCUT2D eigenvalue weighted by Gasteiger charge is 2.30. The number of aryl methyl sites for hydroxylation is 1. The summed E-state index contributed by atoms with van der Waals surface area (Å²) in [5.41, 5.74) is 1.97. The third-order valence-electron chi connectivity index (χ3n) is 5.74. The fourth-order valence-corrected chi connectivity index (χ4v) is 3.99. The zero-order valence-corrected chi connectivity index (χ0v) is 20.5. The van der Waals surface area contributed by atoms with Gasteiger partial charge in [0.25, 0.3) is 5.91 Å². The number of benzene rings is 1. The number of halogens is 2. The fourth-order valence-electron chi connectivity index (χ4n) is 3.78. The van der Waals surface area contributed by atoms with Gasteiger partial charge in [-0.15, -0.1) is 0 Å². The number of hydrogen-bond donors (Lipinski definition) is 0. The van der Waals surface area contributed by atoms with Gasteiger partial charge < -0.3 is 19.1 Å². The molecule has 35 heavy (non-hydrogen) atoms. The van der Waals surface area contributed by atoms with Gasteiger partial charge in [0.15, 0.2) is 6.61 Å². The number of amides is 1. The zero-order chi connectivity index (χ0) is 25.5. The van der Waals surface area contributed by atoms with E-state index in [9.17, 15) is 14.4 Å². The van der Waals surface area contributed by atoms with Crippen molar-refractivity contribution in [2.24, 2.45) is 0 Å². The molecule has 186 valence electrons. The number of carbonyl (C=O) groups excluding carboxylic acids is 3. The van der Waals surface area contributed by atoms with E-state index in [2.05, 4.69) is 9.72 Å². The maximum atomic E-state index is 15.2. The summed E-state index contributed by atoms with van der Waals surface area (Å²) in [5, 5.41) is -0.0766. The first-order valence-electron chi connectivity index (χ1n) is 11.0. The SMILES string of the molecule is COC(=O)COc1cc(N(Cc2cnccc2C)C(=O)C2=C(C(=O)OC)CCCC2)c(F)cc1Cl. The third-order valence-corrected chi connectivity index (χ3v) is 6.04. The average molecular weight is 505 g/mol. The monoisotopic (exact) mass is 504 g/mol. The summed E-state index contributed by atoms with van der Waals surface area (Å²) in [6.07, 6.45) is 5.40. The van der Waals surface area contributed by atoms with Gasteiger partial charge in [-0.25, -0.2) is 14.0 Å². The van der Waals surface area contributed by atoms with E-state index in [1.165, 1.54) is 25.2 Å². The summed E-state index contributed by atoms with van der Waals surface area (Å²) in [4.78, 5) is 43.1. The number of carbonyl (C=O) groups is 3. The standard InChI is InChI=1S/C25H26ClFN2O6/c1-15-8-9-28-12-16(15)13-29(24(31)17-6-4-5-7-18(17)25(32)34-3)21-11-22(19(26)10-20(21)27)35-14-23(30)33-2/h8-12H,4-7,13-14H2,1-3H3. The van der Waals surface area contributed by atoms with Crippen LogP contribution in [0.25, 0.3) is 0 Å². The van der Waals surface area contributed by atoms with E-state index in [1.54, 1.807) is 18.5 Å². The normalized spacial score (nSPS) is 13.3. The molecule has 1 aromatic carbocycles. The summed E-state index contributed by atoms with van der Waals surface area (Å²) < 4.78 is 30.1. The van der Waals surface area contributed by atoms with Gasteiger partial charge in [-0.05, 0) is 55.9 Å². The lowest BCUT2D eigenvalue weighted by Crippen LogP contribution is -2.35. The molecule has 0 saturated carbocycles. The van der Waals surface area contributed by atoms with Gasteiger partial charge in [-0.3, -0.25) is 9.78 Å². The van der Waals surface area contributed by atoms with Crippen LogP contribution in [-0.4, -0.2) is 43.7 Å². The quantitative estimate of drug-likeness (QED) is 0.494. The van der Waals surface area contributed by atoms with Gasteiger partial charge >= 0.3 is 11.9 Å². The Hall–Kier alpha value is -3.46. The van der Waals surface area contributed by atoms with Crippen LogP contribution in [0.4, 0.5) is 10.1 Å². The van der Waals surface area contributed by atoms with E-state index in [4.69, 9.17) is 21.1 Å². The summed E-state index contributed by atoms with van der Waals surface area (Å²) in [6.45, 7) is 1.38. The van der Waals surface area contributed by atoms with Crippen molar-refractivity contribution >= 4 is 35.1 Å². The average Bonchev–Trinajstić information content (AvgIpc) is 2.87. The number of aromatic nitrogens is 1. The van der Waals surface area contributed by atoms with Crippen molar-refractivity contribution in [3.63, 3.8) is 0 Å². The molecule has 1 aliphatic rings. The molecule has 10 heteroatoms. The Labute approximate surface area is 207 Å². The summed E-state index contributed by atoms with van der Waals surface area (Å²) in [5.74, 6) is -2.54. The van der Waals surface area contributed by atoms with Crippen LogP contribution in [0.15, 0.2) is 41.7 Å². The molecule has 1 aromatic heterocycles. The van der Waals surface area contributed by atoms with Crippen LogP contribution in [0.1, 0.15) is 36.8 Å². The fraction of sp³-hybridized carbons (Fsp3) is 0.360. The molecular formula is C25H26ClFN2O6. The minimum absolute atomic E-state index is 0.00000887. The first-order chi connectivity index (χ1) is 16.8. The number of methoxy groups -OCH3 is 2. The highest BCUT2D eigenvalue weighted by atomic mass is 35.5. The minimum atomic E-state index is -0.772. The first-order valence-corrected chi connectivity index (χ1v) is 11.3. The number of pyridine rings is 1. The van der Waals surface area contributed by atoms with E-state index in [0.29, 0.717) is 24.8 Å². The Bertz CT molecular complexity index is 1170. The number of hydrogen-bond acceptors (Lipinski definition) is 7. The van der Waals surface area contributed by atoms with Crippen LogP contribution in [0.2, 0.25) is 5.02 Å². The summed E-state index contributed by atoms with van der Waals surface area (Å²) >= 11 is 6.13. The molecule has 2 aromatic rings. The summed E-state index contributed by atoms with van der Waals surface area (Å²) in [6, 6.07) is 4.04. The van der Waals surface area contributed by atoms with E-state index >= 15 is 4.39 Å². The van der Waals surface area contributed by atoms with Crippen molar-refractivity contribution in [1.29, 1.82) is 0 Å². The highest BCUT2D eigenvalue weighted by Crippen LogP contribution is 2.36. The van der Waals surface area contributed by atoms with Crippen LogP contribution in [0, 0.1) is 12.7 Å². The van der Waals surface area contributed by atoms with E-state index in [1.807, 2.05) is 6.92 Å². The zero-order valence-electron chi connectivity index (χ0n) is 19.7. The van der Waals surface area contributed by atoms with Gasteiger partial charge in [0.2, 0.25) is 0 Å². The Kier molecular flexibility index (Phi) is 8.81.